The van der Waals surface area contributed by atoms with Gasteiger partial charge in [-0.05, 0) is 33.3 Å². The summed E-state index contributed by atoms with van der Waals surface area (Å²) in [6, 6.07) is 1.77. The lowest BCUT2D eigenvalue weighted by atomic mass is 10.1. The molecule has 2 amide bonds. The molecule has 0 bridgehead atoms. The van der Waals surface area contributed by atoms with Gasteiger partial charge < -0.3 is 20.2 Å². The fourth-order valence-corrected chi connectivity index (χ4v) is 1.78. The predicted molar refractivity (Wildman–Crippen MR) is 69.5 cm³/mol. The minimum atomic E-state index is -0.716. The van der Waals surface area contributed by atoms with Crippen LogP contribution in [0.2, 0.25) is 0 Å². The molecule has 0 aliphatic carbocycles. The van der Waals surface area contributed by atoms with Crippen molar-refractivity contribution in [2.24, 2.45) is 0 Å². The van der Waals surface area contributed by atoms with Gasteiger partial charge in [0.05, 0.1) is 6.10 Å². The van der Waals surface area contributed by atoms with E-state index in [9.17, 15) is 14.7 Å². The van der Waals surface area contributed by atoms with Crippen molar-refractivity contribution in [1.82, 2.24) is 10.6 Å². The Morgan fingerprint density at radius 1 is 1.32 bits per heavy atom. The summed E-state index contributed by atoms with van der Waals surface area (Å²) in [6.45, 7) is 5.95. The summed E-state index contributed by atoms with van der Waals surface area (Å²) in [7, 11) is 0. The molecule has 1 atom stereocenters. The quantitative estimate of drug-likeness (QED) is 0.681. The Labute approximate surface area is 112 Å². The summed E-state index contributed by atoms with van der Waals surface area (Å²) >= 11 is 0. The van der Waals surface area contributed by atoms with E-state index in [2.05, 4.69) is 10.6 Å². The van der Waals surface area contributed by atoms with Crippen molar-refractivity contribution in [3.05, 3.63) is 23.2 Å². The molecule has 3 N–H and O–H groups in total. The molecule has 0 radical (unpaired) electrons. The fourth-order valence-electron chi connectivity index (χ4n) is 1.78. The molecule has 19 heavy (non-hydrogen) atoms. The Balaban J connectivity index is 2.39. The van der Waals surface area contributed by atoms with Gasteiger partial charge in [0.15, 0.2) is 0 Å². The van der Waals surface area contributed by atoms with Crippen LogP contribution in [0.15, 0.2) is 10.5 Å². The van der Waals surface area contributed by atoms with Gasteiger partial charge in [-0.15, -0.1) is 0 Å². The number of amides is 2. The summed E-state index contributed by atoms with van der Waals surface area (Å²) in [5.74, 6) is 0.0550. The van der Waals surface area contributed by atoms with Gasteiger partial charge in [0.1, 0.15) is 11.5 Å². The highest BCUT2D eigenvalue weighted by molar-refractivity contribution is 6.35. The van der Waals surface area contributed by atoms with Crippen molar-refractivity contribution in [3.63, 3.8) is 0 Å². The van der Waals surface area contributed by atoms with Gasteiger partial charge in [0.2, 0.25) is 0 Å². The molecule has 106 valence electrons. The van der Waals surface area contributed by atoms with Gasteiger partial charge in [-0.1, -0.05) is 0 Å². The normalized spacial score (nSPS) is 12.0. The van der Waals surface area contributed by atoms with Crippen LogP contribution in [0.3, 0.4) is 0 Å². The highest BCUT2D eigenvalue weighted by Crippen LogP contribution is 2.23. The predicted octanol–water partition coefficient (Wildman–Crippen LogP) is 0.572. The average Bonchev–Trinajstić information content (AvgIpc) is 2.68. The largest absolute Gasteiger partial charge is 0.466 e. The van der Waals surface area contributed by atoms with E-state index in [1.807, 2.05) is 0 Å². The lowest BCUT2D eigenvalue weighted by molar-refractivity contribution is -0.139. The van der Waals surface area contributed by atoms with Crippen LogP contribution in [0.25, 0.3) is 0 Å². The molecule has 1 heterocycles. The topological polar surface area (TPSA) is 91.6 Å². The number of likely N-dealkylation sites (N-methyl/N-ethyl adjacent to an activating group) is 1. The van der Waals surface area contributed by atoms with E-state index in [0.29, 0.717) is 24.3 Å². The maximum Gasteiger partial charge on any atom is 0.309 e. The van der Waals surface area contributed by atoms with Gasteiger partial charge in [-0.2, -0.15) is 0 Å². The van der Waals surface area contributed by atoms with Gasteiger partial charge in [-0.25, -0.2) is 0 Å². The molecule has 1 rings (SSSR count). The molecule has 6 heteroatoms. The third-order valence-electron chi connectivity index (χ3n) is 2.69. The second-order valence-corrected chi connectivity index (χ2v) is 4.29. The molecule has 1 aromatic heterocycles. The minimum absolute atomic E-state index is 0.223. The minimum Gasteiger partial charge on any atom is -0.466 e. The molecular weight excluding hydrogens is 248 g/mol. The van der Waals surface area contributed by atoms with Gasteiger partial charge in [-0.3, -0.25) is 9.59 Å². The standard InChI is InChI=1S/C13H20N2O4/c1-4-14-12(17)13(18)15-6-5-11(16)10-7-8(2)19-9(10)3/h7,11,16H,4-6H2,1-3H3,(H,14,17)(H,15,18). The summed E-state index contributed by atoms with van der Waals surface area (Å²) in [6.07, 6.45) is -0.391. The Morgan fingerprint density at radius 3 is 2.47 bits per heavy atom. The Bertz CT molecular complexity index is 453. The van der Waals surface area contributed by atoms with Crippen LogP contribution in [-0.4, -0.2) is 30.0 Å². The molecule has 0 aliphatic rings. The van der Waals surface area contributed by atoms with Gasteiger partial charge in [0.25, 0.3) is 0 Å². The number of aryl methyl sites for hydroxylation is 2. The van der Waals surface area contributed by atoms with Gasteiger partial charge >= 0.3 is 11.8 Å². The Kier molecular flexibility index (Phi) is 5.57. The molecule has 1 aromatic rings. The molecule has 0 aliphatic heterocycles. The van der Waals surface area contributed by atoms with E-state index < -0.39 is 17.9 Å². The Morgan fingerprint density at radius 2 is 1.95 bits per heavy atom. The highest BCUT2D eigenvalue weighted by atomic mass is 16.3. The number of carbonyl (C=O) groups excluding carboxylic acids is 2. The summed E-state index contributed by atoms with van der Waals surface area (Å²) < 4.78 is 5.32. The van der Waals surface area contributed by atoms with Crippen LogP contribution < -0.4 is 10.6 Å². The molecular formula is C13H20N2O4. The lowest BCUT2D eigenvalue weighted by Crippen LogP contribution is -2.40. The van der Waals surface area contributed by atoms with Crippen LogP contribution >= 0.6 is 0 Å². The summed E-state index contributed by atoms with van der Waals surface area (Å²) in [5.41, 5.74) is 0.713. The molecule has 1 unspecified atom stereocenters. The maximum atomic E-state index is 11.3. The summed E-state index contributed by atoms with van der Waals surface area (Å²) in [4.78, 5) is 22.4. The smallest absolute Gasteiger partial charge is 0.309 e. The van der Waals surface area contributed by atoms with E-state index in [1.165, 1.54) is 0 Å². The third kappa shape index (κ3) is 4.40. The molecule has 0 fully saturated rings. The third-order valence-corrected chi connectivity index (χ3v) is 2.69. The monoisotopic (exact) mass is 268 g/mol. The lowest BCUT2D eigenvalue weighted by Gasteiger charge is -2.10. The van der Waals surface area contributed by atoms with Crippen LogP contribution in [-0.2, 0) is 9.59 Å². The zero-order valence-electron chi connectivity index (χ0n) is 11.4. The van der Waals surface area contributed by atoms with E-state index in [0.717, 1.165) is 5.76 Å². The first kappa shape index (κ1) is 15.2. The van der Waals surface area contributed by atoms with Crippen molar-refractivity contribution in [2.45, 2.75) is 33.3 Å². The van der Waals surface area contributed by atoms with Crippen LogP contribution in [0.4, 0.5) is 0 Å². The fraction of sp³-hybridized carbons (Fsp3) is 0.538. The number of rotatable bonds is 5. The molecule has 6 nitrogen and oxygen atoms in total. The van der Waals surface area contributed by atoms with E-state index in [-0.39, 0.29) is 6.54 Å². The van der Waals surface area contributed by atoms with Crippen LogP contribution in [0.5, 0.6) is 0 Å². The number of aliphatic hydroxyl groups excluding tert-OH is 1. The first-order valence-electron chi connectivity index (χ1n) is 6.26. The maximum absolute atomic E-state index is 11.3. The van der Waals surface area contributed by atoms with Crippen LogP contribution in [0.1, 0.15) is 36.5 Å². The zero-order valence-corrected chi connectivity index (χ0v) is 11.4. The average molecular weight is 268 g/mol. The molecule has 0 saturated heterocycles. The van der Waals surface area contributed by atoms with Crippen molar-refractivity contribution < 1.29 is 19.1 Å². The summed E-state index contributed by atoms with van der Waals surface area (Å²) in [5, 5.41) is 14.8. The SMILES string of the molecule is CCNC(=O)C(=O)NCCC(O)c1cc(C)oc1C. The Hall–Kier alpha value is -1.82. The van der Waals surface area contributed by atoms with Crippen LogP contribution in [0, 0.1) is 13.8 Å². The van der Waals surface area contributed by atoms with E-state index in [4.69, 9.17) is 4.42 Å². The number of carbonyl (C=O) groups is 2. The zero-order chi connectivity index (χ0) is 14.4. The van der Waals surface area contributed by atoms with Crippen molar-refractivity contribution in [3.8, 4) is 0 Å². The molecule has 0 spiro atoms. The molecule has 0 saturated carbocycles. The number of aliphatic hydroxyl groups is 1. The van der Waals surface area contributed by atoms with Gasteiger partial charge in [0, 0.05) is 18.7 Å². The first-order chi connectivity index (χ1) is 8.95. The second kappa shape index (κ2) is 6.94. The van der Waals surface area contributed by atoms with E-state index >= 15 is 0 Å². The van der Waals surface area contributed by atoms with E-state index in [1.54, 1.807) is 26.8 Å². The van der Waals surface area contributed by atoms with Crippen molar-refractivity contribution in [2.75, 3.05) is 13.1 Å². The number of furan rings is 1. The number of hydrogen-bond donors (Lipinski definition) is 3. The van der Waals surface area contributed by atoms with Crippen molar-refractivity contribution in [1.29, 1.82) is 0 Å². The first-order valence-corrected chi connectivity index (χ1v) is 6.26. The second-order valence-electron chi connectivity index (χ2n) is 4.29. The molecule has 0 aromatic carbocycles. The van der Waals surface area contributed by atoms with Crippen molar-refractivity contribution >= 4 is 11.8 Å². The number of hydrogen-bond acceptors (Lipinski definition) is 4. The number of nitrogens with one attached hydrogen (secondary N) is 2. The highest BCUT2D eigenvalue weighted by Gasteiger charge is 2.16.